The fourth-order valence-electron chi connectivity index (χ4n) is 4.08. The number of pyridine rings is 1. The first-order valence-corrected chi connectivity index (χ1v) is 9.75. The summed E-state index contributed by atoms with van der Waals surface area (Å²) in [6.45, 7) is 1.46. The maximum Gasteiger partial charge on any atom is 0.258 e. The molecule has 0 unspecified atom stereocenters. The molecule has 0 radical (unpaired) electrons. The minimum Gasteiger partial charge on any atom is -0.467 e. The lowest BCUT2D eigenvalue weighted by molar-refractivity contribution is -0.130. The Balaban J connectivity index is 1.75. The van der Waals surface area contributed by atoms with Crippen molar-refractivity contribution >= 4 is 22.5 Å². The molecule has 0 saturated heterocycles. The smallest absolute Gasteiger partial charge is 0.258 e. The zero-order valence-corrected chi connectivity index (χ0v) is 16.3. The van der Waals surface area contributed by atoms with Crippen LogP contribution in [0.4, 0.5) is 0 Å². The van der Waals surface area contributed by atoms with Crippen LogP contribution in [0.25, 0.3) is 22.0 Å². The number of nitrogens with one attached hydrogen (secondary N) is 1. The molecule has 2 aromatic heterocycles. The maximum atomic E-state index is 13.2. The molecule has 3 heterocycles. The molecule has 5 rings (SSSR count). The number of H-pyrrole nitrogens is 1. The highest BCUT2D eigenvalue weighted by Gasteiger charge is 2.35. The highest BCUT2D eigenvalue weighted by atomic mass is 16.3. The number of benzene rings is 2. The first kappa shape index (κ1) is 18.1. The quantitative estimate of drug-likeness (QED) is 0.553. The zero-order chi connectivity index (χ0) is 20.7. The van der Waals surface area contributed by atoms with Crippen LogP contribution >= 0.6 is 0 Å². The van der Waals surface area contributed by atoms with Gasteiger partial charge in [-0.05, 0) is 23.8 Å². The van der Waals surface area contributed by atoms with Gasteiger partial charge < -0.3 is 9.40 Å². The van der Waals surface area contributed by atoms with Gasteiger partial charge in [0.15, 0.2) is 0 Å². The molecule has 148 valence electrons. The van der Waals surface area contributed by atoms with Crippen LogP contribution in [0.2, 0.25) is 0 Å². The van der Waals surface area contributed by atoms with Gasteiger partial charge in [0, 0.05) is 29.8 Å². The lowest BCUT2D eigenvalue weighted by Gasteiger charge is -2.17. The minimum absolute atomic E-state index is 0.204. The number of nitrogens with zero attached hydrogens (tertiary/aromatic N) is 2. The summed E-state index contributed by atoms with van der Waals surface area (Å²) in [5.41, 5.74) is 3.33. The van der Waals surface area contributed by atoms with Crippen molar-refractivity contribution in [3.63, 3.8) is 0 Å². The van der Waals surface area contributed by atoms with Crippen LogP contribution in [0.3, 0.4) is 0 Å². The van der Waals surface area contributed by atoms with Crippen molar-refractivity contribution in [2.75, 3.05) is 0 Å². The Bertz CT molecular complexity index is 1320. The first-order chi connectivity index (χ1) is 14.6. The number of carbonyl (C=O) groups excluding carboxylic acids is 1. The van der Waals surface area contributed by atoms with Crippen molar-refractivity contribution in [2.24, 2.45) is 5.10 Å². The van der Waals surface area contributed by atoms with E-state index < -0.39 is 0 Å². The van der Waals surface area contributed by atoms with Gasteiger partial charge >= 0.3 is 0 Å². The third-order valence-electron chi connectivity index (χ3n) is 5.38. The predicted octanol–water partition coefficient (Wildman–Crippen LogP) is 4.49. The summed E-state index contributed by atoms with van der Waals surface area (Å²) in [5.74, 6) is 0.437. The standard InChI is InChI=1S/C24H19N3O3/c1-15(28)27-20(21-12-7-13-30-21)14-19(26-27)23-22(16-8-3-2-4-9-16)17-10-5-6-11-18(17)25-24(23)29/h2-13,20H,14H2,1H3,(H,25,29)/t20-/m0/s1. The number of aromatic nitrogens is 1. The number of furan rings is 1. The van der Waals surface area contributed by atoms with Crippen LogP contribution in [0.15, 0.2) is 87.3 Å². The van der Waals surface area contributed by atoms with Crippen LogP contribution in [-0.2, 0) is 4.79 Å². The molecule has 6 heteroatoms. The molecule has 1 aliphatic heterocycles. The summed E-state index contributed by atoms with van der Waals surface area (Å²) in [6, 6.07) is 20.7. The lowest BCUT2D eigenvalue weighted by atomic mass is 9.92. The van der Waals surface area contributed by atoms with Crippen molar-refractivity contribution in [1.29, 1.82) is 0 Å². The second-order valence-corrected chi connectivity index (χ2v) is 7.26. The molecule has 0 fully saturated rings. The predicted molar refractivity (Wildman–Crippen MR) is 115 cm³/mol. The van der Waals surface area contributed by atoms with Crippen LogP contribution in [0.5, 0.6) is 0 Å². The average molecular weight is 397 g/mol. The van der Waals surface area contributed by atoms with Crippen molar-refractivity contribution in [3.8, 4) is 11.1 Å². The summed E-state index contributed by atoms with van der Waals surface area (Å²) < 4.78 is 5.54. The fourth-order valence-corrected chi connectivity index (χ4v) is 4.08. The molecule has 1 amide bonds. The van der Waals surface area contributed by atoms with Gasteiger partial charge in [-0.1, -0.05) is 48.5 Å². The monoisotopic (exact) mass is 397 g/mol. The molecule has 30 heavy (non-hydrogen) atoms. The SMILES string of the molecule is CC(=O)N1N=C(c2c(-c3ccccc3)c3ccccc3[nH]c2=O)C[C@H]1c1ccco1. The van der Waals surface area contributed by atoms with Gasteiger partial charge in [-0.2, -0.15) is 5.10 Å². The van der Waals surface area contributed by atoms with E-state index >= 15 is 0 Å². The van der Waals surface area contributed by atoms with E-state index in [9.17, 15) is 9.59 Å². The Morgan fingerprint density at radius 3 is 2.53 bits per heavy atom. The van der Waals surface area contributed by atoms with Gasteiger partial charge in [-0.25, -0.2) is 5.01 Å². The molecule has 1 N–H and O–H groups in total. The van der Waals surface area contributed by atoms with Gasteiger partial charge in [0.25, 0.3) is 5.56 Å². The molecule has 1 atom stereocenters. The summed E-state index contributed by atoms with van der Waals surface area (Å²) in [4.78, 5) is 28.5. The first-order valence-electron chi connectivity index (χ1n) is 9.75. The van der Waals surface area contributed by atoms with Crippen LogP contribution < -0.4 is 5.56 Å². The van der Waals surface area contributed by atoms with Crippen LogP contribution in [0, 0.1) is 0 Å². The molecule has 0 aliphatic carbocycles. The highest BCUT2D eigenvalue weighted by molar-refractivity contribution is 6.12. The van der Waals surface area contributed by atoms with Crippen molar-refractivity contribution in [3.05, 3.63) is 94.7 Å². The van der Waals surface area contributed by atoms with E-state index in [-0.39, 0.29) is 17.5 Å². The summed E-state index contributed by atoms with van der Waals surface area (Å²) in [7, 11) is 0. The number of para-hydroxylation sites is 1. The molecule has 4 aromatic rings. The van der Waals surface area contributed by atoms with Crippen molar-refractivity contribution in [2.45, 2.75) is 19.4 Å². The number of fused-ring (bicyclic) bond motifs is 1. The molecule has 0 bridgehead atoms. The maximum absolute atomic E-state index is 13.2. The molecule has 1 aliphatic rings. The summed E-state index contributed by atoms with van der Waals surface area (Å²) in [6.07, 6.45) is 1.97. The average Bonchev–Trinajstić information content (AvgIpc) is 3.43. The van der Waals surface area contributed by atoms with E-state index in [1.165, 1.54) is 11.9 Å². The molecular weight excluding hydrogens is 378 g/mol. The number of hydrazone groups is 1. The Labute approximate surface area is 172 Å². The second kappa shape index (κ2) is 7.15. The van der Waals surface area contributed by atoms with E-state index in [0.717, 1.165) is 22.0 Å². The molecule has 2 aromatic carbocycles. The van der Waals surface area contributed by atoms with Gasteiger partial charge in [0.05, 0.1) is 17.5 Å². The van der Waals surface area contributed by atoms with E-state index in [4.69, 9.17) is 4.42 Å². The molecule has 6 nitrogen and oxygen atoms in total. The largest absolute Gasteiger partial charge is 0.467 e. The topological polar surface area (TPSA) is 78.7 Å². The highest BCUT2D eigenvalue weighted by Crippen LogP contribution is 2.36. The van der Waals surface area contributed by atoms with Crippen LogP contribution in [-0.4, -0.2) is 21.6 Å². The Kier molecular flexibility index (Phi) is 4.32. The molecular formula is C24H19N3O3. The van der Waals surface area contributed by atoms with Gasteiger partial charge in [-0.15, -0.1) is 0 Å². The fraction of sp³-hybridized carbons (Fsp3) is 0.125. The van der Waals surface area contributed by atoms with Gasteiger partial charge in [0.1, 0.15) is 11.8 Å². The summed E-state index contributed by atoms with van der Waals surface area (Å²) >= 11 is 0. The Morgan fingerprint density at radius 1 is 1.03 bits per heavy atom. The van der Waals surface area contributed by atoms with Gasteiger partial charge in [0.2, 0.25) is 5.91 Å². The normalized spacial score (nSPS) is 16.1. The Hall–Kier alpha value is -3.93. The van der Waals surface area contributed by atoms with Crippen molar-refractivity contribution < 1.29 is 9.21 Å². The lowest BCUT2D eigenvalue weighted by Crippen LogP contribution is -2.23. The van der Waals surface area contributed by atoms with E-state index in [1.54, 1.807) is 12.3 Å². The minimum atomic E-state index is -0.373. The van der Waals surface area contributed by atoms with E-state index in [0.29, 0.717) is 23.5 Å². The Morgan fingerprint density at radius 2 is 1.80 bits per heavy atom. The number of carbonyl (C=O) groups is 1. The number of amides is 1. The van der Waals surface area contributed by atoms with E-state index in [1.807, 2.05) is 60.7 Å². The van der Waals surface area contributed by atoms with Crippen LogP contribution in [0.1, 0.15) is 30.7 Å². The number of hydrogen-bond donors (Lipinski definition) is 1. The van der Waals surface area contributed by atoms with Gasteiger partial charge in [-0.3, -0.25) is 9.59 Å². The third kappa shape index (κ3) is 2.93. The van der Waals surface area contributed by atoms with E-state index in [2.05, 4.69) is 10.1 Å². The number of aromatic amines is 1. The number of rotatable bonds is 3. The number of hydrogen-bond acceptors (Lipinski definition) is 4. The van der Waals surface area contributed by atoms with Crippen molar-refractivity contribution in [1.82, 2.24) is 9.99 Å². The second-order valence-electron chi connectivity index (χ2n) is 7.26. The molecule has 0 spiro atoms. The third-order valence-corrected chi connectivity index (χ3v) is 5.38. The molecule has 0 saturated carbocycles. The zero-order valence-electron chi connectivity index (χ0n) is 16.3. The summed E-state index contributed by atoms with van der Waals surface area (Å²) in [5, 5.41) is 6.90.